The Morgan fingerprint density at radius 2 is 0.870 bits per heavy atom. The molecular formula is C85H106LiN15O22. The predicted octanol–water partition coefficient (Wildman–Crippen LogP) is 4.46. The van der Waals surface area contributed by atoms with E-state index >= 15 is 0 Å². The van der Waals surface area contributed by atoms with Gasteiger partial charge in [-0.3, -0.25) is 52.7 Å². The number of amides is 7. The van der Waals surface area contributed by atoms with Gasteiger partial charge >= 0.3 is 42.7 Å². The fourth-order valence-corrected chi connectivity index (χ4v) is 14.7. The third-order valence-electron chi connectivity index (χ3n) is 21.3. The summed E-state index contributed by atoms with van der Waals surface area (Å²) < 4.78 is 36.1. The first-order valence-corrected chi connectivity index (χ1v) is 39.5. The van der Waals surface area contributed by atoms with E-state index in [-0.39, 0.29) is 135 Å². The Kier molecular flexibility index (Phi) is 38.2. The van der Waals surface area contributed by atoms with Crippen molar-refractivity contribution in [2.75, 3.05) is 120 Å². The summed E-state index contributed by atoms with van der Waals surface area (Å²) in [4.78, 5) is 154. The summed E-state index contributed by atoms with van der Waals surface area (Å²) in [6.07, 6.45) is 8.52. The molecule has 8 aliphatic heterocycles. The van der Waals surface area contributed by atoms with E-state index in [1.165, 1.54) is 32.4 Å². The number of piperidine rings is 4. The van der Waals surface area contributed by atoms with Crippen molar-refractivity contribution < 1.29 is 125 Å². The van der Waals surface area contributed by atoms with Crippen LogP contribution in [-0.4, -0.2) is 266 Å². The number of hydrogen-bond acceptors (Lipinski definition) is 26. The number of esters is 2. The summed E-state index contributed by atoms with van der Waals surface area (Å²) in [6.45, 7) is 11.6. The van der Waals surface area contributed by atoms with Gasteiger partial charge in [0, 0.05) is 106 Å². The van der Waals surface area contributed by atoms with Gasteiger partial charge in [-0.15, -0.1) is 0 Å². The number of pyridine rings is 2. The van der Waals surface area contributed by atoms with Gasteiger partial charge < -0.3 is 105 Å². The van der Waals surface area contributed by atoms with Gasteiger partial charge in [0.05, 0.1) is 71.8 Å². The van der Waals surface area contributed by atoms with Crippen molar-refractivity contribution >= 4 is 71.1 Å². The molecule has 0 spiro atoms. The second-order valence-electron chi connectivity index (χ2n) is 28.8. The second kappa shape index (κ2) is 48.2. The molecule has 0 radical (unpaired) electrons. The summed E-state index contributed by atoms with van der Waals surface area (Å²) in [5.41, 5.74) is 12.7. The SMILES string of the molecule is C.CCOc1cnc(-c2noc(C3CCN(C(=O)CN4Cc5ccccc5C4=O)CC3)n2)cc1OC.CCOc1cnc(/C(N)=N/O)cc1OC.COC(=O)C1CCN(C(=O)CN2Cc3ccccc3C2=O)CC1.COC(=O)C1CCNCC1.O=C(O)C1CCN(C(=O)CN2Cc3ccccc3C2=O)CC1.O=C(O)CN1Cc2ccccc2C1=O.[Li+].[NH-]O. The normalized spacial score (nSPS) is 15.9. The average Bonchev–Trinajstić information content (AvgIpc) is 1.67. The van der Waals surface area contributed by atoms with Crippen LogP contribution in [0.3, 0.4) is 0 Å². The van der Waals surface area contributed by atoms with E-state index < -0.39 is 11.9 Å². The molecule has 38 heteroatoms. The van der Waals surface area contributed by atoms with Crippen LogP contribution in [0.15, 0.2) is 131 Å². The molecule has 4 aromatic carbocycles. The smallest absolute Gasteiger partial charge is 0.553 e. The standard InChI is InChI=1S/C25H27N5O5.C17H20N2O4.C16H18N2O4.C10H9NO3.C9H13N3O3.C7H13NO2.CH4.Li.H2NO/c1-3-34-21-13-26-19(12-20(21)33-2)23-27-24(35-28-23)16-8-10-29(11-9-16)22(31)15-30-14-17-6-4-5-7-18(17)25(30)32;1-23-17(22)12-6-8-18(9-7-12)15(20)11-19-10-13-4-2-3-5-14(13)16(19)21;19-14(17-7-5-11(6-8-17)16(21)22)10-18-9-12-3-1-2-4-13(12)15(18)20;12-9(13)6-11-5-7-3-1-2-4-8(7)10(11)14;1-3-15-8-5-11-6(9(10)12-13)4-7(8)14-2;1-10-7(9)6-2-4-8-5-3-6;;;1-2/h4-7,12-13,16H,3,8-11,14-15H2,1-2H3;2-5,12H,6-11H2,1H3;1-4,11H,5-10H2,(H,21,22);1-4H,5-6H2,(H,12,13);4-5,13H,3H2,1-2H3,(H2,10,12);6,8H,2-5H2,1H3;1H4;;1-2H/q;;;;;;;+1;-1. The summed E-state index contributed by atoms with van der Waals surface area (Å²) in [5, 5.41) is 42.4. The maximum atomic E-state index is 12.9. The molecule has 0 aliphatic carbocycles. The fourth-order valence-electron chi connectivity index (χ4n) is 14.7. The molecule has 0 bridgehead atoms. The number of carboxylic acids is 2. The fraction of sp³-hybridized carbons (Fsp3) is 0.435. The third-order valence-corrected chi connectivity index (χ3v) is 21.3. The number of carbonyl (C=O) groups is 11. The first-order chi connectivity index (χ1) is 58.5. The number of benzene rings is 4. The maximum absolute atomic E-state index is 12.9. The zero-order chi connectivity index (χ0) is 87.2. The number of rotatable bonds is 20. The van der Waals surface area contributed by atoms with E-state index in [2.05, 4.69) is 35.3 Å². The van der Waals surface area contributed by atoms with E-state index in [0.717, 1.165) is 48.2 Å². The van der Waals surface area contributed by atoms with Gasteiger partial charge in [0.2, 0.25) is 29.4 Å². The molecule has 8 aliphatic rings. The number of nitrogens with one attached hydrogen (secondary N) is 2. The molecule has 11 heterocycles. The molecule has 4 saturated heterocycles. The zero-order valence-electron chi connectivity index (χ0n) is 69.3. The number of aliphatic carboxylic acids is 2. The van der Waals surface area contributed by atoms with Gasteiger partial charge in [-0.25, -0.2) is 9.97 Å². The summed E-state index contributed by atoms with van der Waals surface area (Å²) in [5.74, 6) is 4.73. The molecule has 0 atom stereocenters. The Balaban J connectivity index is 0.000000210. The van der Waals surface area contributed by atoms with Crippen molar-refractivity contribution in [3.63, 3.8) is 0 Å². The van der Waals surface area contributed by atoms with Crippen LogP contribution < -0.4 is 48.9 Å². The number of fused-ring (bicyclic) bond motifs is 4. The molecule has 654 valence electrons. The monoisotopic (exact) mass is 1700 g/mol. The van der Waals surface area contributed by atoms with Crippen molar-refractivity contribution in [1.82, 2.24) is 59.7 Å². The van der Waals surface area contributed by atoms with Crippen LogP contribution in [0.2, 0.25) is 0 Å². The maximum Gasteiger partial charge on any atom is 1.00 e. The van der Waals surface area contributed by atoms with E-state index in [9.17, 15) is 52.7 Å². The topological polar surface area (TPSA) is 486 Å². The Labute approximate surface area is 724 Å². The number of nitrogens with two attached hydrogens (primary N) is 1. The molecular weight excluding hydrogens is 1590 g/mol. The van der Waals surface area contributed by atoms with Gasteiger partial charge in [-0.2, -0.15) is 4.98 Å². The molecule has 4 fully saturated rings. The number of carboxylic acid groups (broad SMARTS) is 2. The minimum absolute atomic E-state index is 0. The Morgan fingerprint density at radius 1 is 0.512 bits per heavy atom. The van der Waals surface area contributed by atoms with E-state index in [1.54, 1.807) is 74.2 Å². The summed E-state index contributed by atoms with van der Waals surface area (Å²) in [6, 6.07) is 32.8. The number of amidine groups is 1. The quantitative estimate of drug-likeness (QED) is 0.0153. The van der Waals surface area contributed by atoms with Crippen LogP contribution in [-0.2, 0) is 69.2 Å². The predicted molar refractivity (Wildman–Crippen MR) is 439 cm³/mol. The van der Waals surface area contributed by atoms with Crippen LogP contribution in [0, 0.1) is 17.8 Å². The molecule has 0 unspecified atom stereocenters. The van der Waals surface area contributed by atoms with Gasteiger partial charge in [-0.05, 0) is 125 Å². The van der Waals surface area contributed by atoms with Gasteiger partial charge in [0.1, 0.15) is 37.6 Å². The molecule has 0 saturated carbocycles. The van der Waals surface area contributed by atoms with Crippen LogP contribution in [0.1, 0.15) is 154 Å². The van der Waals surface area contributed by atoms with E-state index in [4.69, 9.17) is 60.5 Å². The van der Waals surface area contributed by atoms with Crippen LogP contribution in [0.25, 0.3) is 17.4 Å². The first-order valence-electron chi connectivity index (χ1n) is 39.5. The summed E-state index contributed by atoms with van der Waals surface area (Å²) >= 11 is 0. The first kappa shape index (κ1) is 97.6. The Bertz CT molecular complexity index is 4810. The largest absolute Gasteiger partial charge is 1.00 e. The molecule has 123 heavy (non-hydrogen) atoms. The van der Waals surface area contributed by atoms with Crippen molar-refractivity contribution in [3.8, 4) is 34.5 Å². The van der Waals surface area contributed by atoms with Crippen LogP contribution in [0.4, 0.5) is 0 Å². The van der Waals surface area contributed by atoms with Crippen LogP contribution >= 0.6 is 0 Å². The molecule has 7 aromatic rings. The van der Waals surface area contributed by atoms with Crippen molar-refractivity contribution in [2.24, 2.45) is 28.6 Å². The number of oxime groups is 1. The zero-order valence-corrected chi connectivity index (χ0v) is 69.3. The average molecular weight is 1700 g/mol. The number of methoxy groups -OCH3 is 4. The number of hydrogen-bond donors (Lipinski definition) is 6. The number of nitrogens with zero attached hydrogens (tertiary/aromatic N) is 12. The molecule has 7 amide bonds. The van der Waals surface area contributed by atoms with E-state index in [0.29, 0.717) is 186 Å². The number of aromatic nitrogens is 4. The Morgan fingerprint density at radius 3 is 1.23 bits per heavy atom. The molecule has 3 aromatic heterocycles. The van der Waals surface area contributed by atoms with E-state index in [1.807, 2.05) is 91.5 Å². The summed E-state index contributed by atoms with van der Waals surface area (Å²) in [7, 11) is 5.91. The molecule has 37 nitrogen and oxygen atoms in total. The number of likely N-dealkylation sites (tertiary alicyclic amines) is 3. The third kappa shape index (κ3) is 26.0. The van der Waals surface area contributed by atoms with Crippen LogP contribution in [0.5, 0.6) is 23.0 Å². The van der Waals surface area contributed by atoms with Gasteiger partial charge in [0.25, 0.3) is 23.6 Å². The second-order valence-corrected chi connectivity index (χ2v) is 28.8. The number of carbonyl (C=O) groups excluding carboxylic acids is 9. The van der Waals surface area contributed by atoms with Gasteiger partial charge in [-0.1, -0.05) is 90.5 Å². The molecule has 8 N–H and O–H groups in total. The number of ether oxygens (including phenoxy) is 6. The minimum Gasteiger partial charge on any atom is -0.553 e. The van der Waals surface area contributed by atoms with Crippen molar-refractivity contribution in [2.45, 2.75) is 105 Å². The van der Waals surface area contributed by atoms with Gasteiger partial charge in [0.15, 0.2) is 28.8 Å². The molecule has 15 rings (SSSR count). The Hall–Kier alpha value is -12.6. The minimum atomic E-state index is -0.980. The van der Waals surface area contributed by atoms with Crippen molar-refractivity contribution in [3.05, 3.63) is 184 Å². The van der Waals surface area contributed by atoms with Crippen molar-refractivity contribution in [1.29, 1.82) is 0 Å².